The minimum atomic E-state index is -0.364. The van der Waals surface area contributed by atoms with Gasteiger partial charge in [0, 0.05) is 23.5 Å². The minimum absolute atomic E-state index is 0.103. The first-order chi connectivity index (χ1) is 14.0. The van der Waals surface area contributed by atoms with E-state index < -0.39 is 0 Å². The molecule has 0 saturated heterocycles. The lowest BCUT2D eigenvalue weighted by atomic mass is 10.1. The van der Waals surface area contributed by atoms with E-state index in [0.29, 0.717) is 22.5 Å². The predicted molar refractivity (Wildman–Crippen MR) is 110 cm³/mol. The van der Waals surface area contributed by atoms with Crippen LogP contribution >= 0.6 is 0 Å². The summed E-state index contributed by atoms with van der Waals surface area (Å²) in [5, 5.41) is 14.5. The zero-order valence-electron chi connectivity index (χ0n) is 15.7. The second-order valence-corrected chi connectivity index (χ2v) is 6.41. The molecule has 29 heavy (non-hydrogen) atoms. The van der Waals surface area contributed by atoms with Gasteiger partial charge in [-0.3, -0.25) is 14.4 Å². The molecule has 0 atom stereocenters. The highest BCUT2D eigenvalue weighted by molar-refractivity contribution is 6.05. The highest BCUT2D eigenvalue weighted by atomic mass is 16.2. The molecule has 0 aliphatic heterocycles. The first-order valence-corrected chi connectivity index (χ1v) is 8.84. The number of aryl methyl sites for hydroxylation is 1. The number of benzene rings is 2. The van der Waals surface area contributed by atoms with E-state index in [9.17, 15) is 14.4 Å². The molecule has 0 fully saturated rings. The molecule has 0 radical (unpaired) electrons. The van der Waals surface area contributed by atoms with Gasteiger partial charge in [-0.15, -0.1) is 0 Å². The van der Waals surface area contributed by atoms with Crippen molar-refractivity contribution in [2.45, 2.75) is 13.5 Å². The van der Waals surface area contributed by atoms with Crippen LogP contribution in [0.25, 0.3) is 0 Å². The third-order valence-corrected chi connectivity index (χ3v) is 4.17. The van der Waals surface area contributed by atoms with Crippen LogP contribution in [0.3, 0.4) is 0 Å². The largest absolute Gasteiger partial charge is 0.325 e. The summed E-state index contributed by atoms with van der Waals surface area (Å²) in [6.07, 6.45) is 1.62. The van der Waals surface area contributed by atoms with E-state index in [1.807, 2.05) is 13.0 Å². The van der Waals surface area contributed by atoms with Gasteiger partial charge in [0.25, 0.3) is 11.5 Å². The van der Waals surface area contributed by atoms with Gasteiger partial charge in [-0.05, 0) is 48.9 Å². The monoisotopic (exact) mass is 386 g/mol. The second-order valence-electron chi connectivity index (χ2n) is 6.41. The number of nitriles is 1. The van der Waals surface area contributed by atoms with E-state index in [1.54, 1.807) is 60.8 Å². The van der Waals surface area contributed by atoms with Gasteiger partial charge in [-0.2, -0.15) is 5.26 Å². The van der Waals surface area contributed by atoms with E-state index >= 15 is 0 Å². The zero-order chi connectivity index (χ0) is 20.8. The molecule has 1 heterocycles. The number of pyridine rings is 1. The maximum Gasteiger partial charge on any atom is 0.255 e. The summed E-state index contributed by atoms with van der Waals surface area (Å²) >= 11 is 0. The Morgan fingerprint density at radius 2 is 1.72 bits per heavy atom. The average molecular weight is 386 g/mol. The molecule has 1 aromatic heterocycles. The van der Waals surface area contributed by atoms with E-state index in [-0.39, 0.29) is 23.9 Å². The number of amides is 2. The van der Waals surface area contributed by atoms with Crippen molar-refractivity contribution < 1.29 is 9.59 Å². The highest BCUT2D eigenvalue weighted by Gasteiger charge is 2.10. The molecule has 0 unspecified atom stereocenters. The Kier molecular flexibility index (Phi) is 5.85. The Hall–Kier alpha value is -4.18. The number of hydrogen-bond donors (Lipinski definition) is 2. The maximum atomic E-state index is 12.4. The van der Waals surface area contributed by atoms with Crippen molar-refractivity contribution in [1.82, 2.24) is 4.57 Å². The number of aromatic nitrogens is 1. The van der Waals surface area contributed by atoms with Gasteiger partial charge in [0.2, 0.25) is 5.91 Å². The van der Waals surface area contributed by atoms with Gasteiger partial charge in [0.15, 0.2) is 0 Å². The van der Waals surface area contributed by atoms with Gasteiger partial charge in [-0.25, -0.2) is 0 Å². The van der Waals surface area contributed by atoms with Gasteiger partial charge in [0.1, 0.15) is 12.6 Å². The average Bonchev–Trinajstić information content (AvgIpc) is 2.71. The molecule has 7 heteroatoms. The molecule has 2 aromatic carbocycles. The summed E-state index contributed by atoms with van der Waals surface area (Å²) in [6, 6.07) is 18.2. The molecular weight excluding hydrogens is 368 g/mol. The van der Waals surface area contributed by atoms with E-state index in [0.717, 1.165) is 5.56 Å². The summed E-state index contributed by atoms with van der Waals surface area (Å²) in [5.41, 5.74) is 2.31. The number of nitrogens with zero attached hydrogens (tertiary/aromatic N) is 2. The van der Waals surface area contributed by atoms with Crippen molar-refractivity contribution in [1.29, 1.82) is 5.26 Å². The lowest BCUT2D eigenvalue weighted by Crippen LogP contribution is -2.26. The topological polar surface area (TPSA) is 104 Å². The number of rotatable bonds is 5. The van der Waals surface area contributed by atoms with Crippen LogP contribution in [0.4, 0.5) is 11.4 Å². The first kappa shape index (κ1) is 19.6. The summed E-state index contributed by atoms with van der Waals surface area (Å²) in [7, 11) is 0. The van der Waals surface area contributed by atoms with E-state index in [1.165, 1.54) is 10.6 Å². The summed E-state index contributed by atoms with van der Waals surface area (Å²) in [6.45, 7) is 1.74. The molecule has 0 saturated carbocycles. The van der Waals surface area contributed by atoms with Crippen LogP contribution in [-0.4, -0.2) is 16.4 Å². The zero-order valence-corrected chi connectivity index (χ0v) is 15.7. The molecule has 2 amide bonds. The normalized spacial score (nSPS) is 10.1. The molecule has 0 spiro atoms. The van der Waals surface area contributed by atoms with Crippen LogP contribution in [0.2, 0.25) is 0 Å². The Morgan fingerprint density at radius 1 is 1.00 bits per heavy atom. The number of para-hydroxylation sites is 1. The fourth-order valence-corrected chi connectivity index (χ4v) is 2.72. The molecule has 0 aliphatic carbocycles. The Bertz CT molecular complexity index is 1160. The smallest absolute Gasteiger partial charge is 0.255 e. The molecule has 0 aliphatic rings. The number of anilines is 2. The van der Waals surface area contributed by atoms with Crippen molar-refractivity contribution in [3.63, 3.8) is 0 Å². The molecule has 2 N–H and O–H groups in total. The van der Waals surface area contributed by atoms with Gasteiger partial charge >= 0.3 is 0 Å². The Balaban J connectivity index is 1.64. The quantitative estimate of drug-likeness (QED) is 0.703. The molecule has 7 nitrogen and oxygen atoms in total. The van der Waals surface area contributed by atoms with Crippen LogP contribution in [0.15, 0.2) is 71.7 Å². The van der Waals surface area contributed by atoms with Gasteiger partial charge in [0.05, 0.1) is 11.3 Å². The minimum Gasteiger partial charge on any atom is -0.325 e. The molecule has 0 bridgehead atoms. The fraction of sp³-hybridized carbons (Fsp3) is 0.0909. The van der Waals surface area contributed by atoms with Gasteiger partial charge < -0.3 is 15.2 Å². The van der Waals surface area contributed by atoms with Crippen LogP contribution in [0, 0.1) is 18.3 Å². The molecular formula is C22H18N4O3. The molecule has 3 rings (SSSR count). The highest BCUT2D eigenvalue weighted by Crippen LogP contribution is 2.16. The standard InChI is InChI=1S/C22H18N4O3/c1-15-6-11-21(28)26(13-15)14-20(27)24-18-9-7-16(8-10-18)22(29)25-19-5-3-2-4-17(19)12-23/h2-11,13H,14H2,1H3,(H,24,27)(H,25,29). The SMILES string of the molecule is Cc1ccc(=O)n(CC(=O)Nc2ccc(C(=O)Nc3ccccc3C#N)cc2)c1. The second kappa shape index (κ2) is 8.67. The molecule has 3 aromatic rings. The third kappa shape index (κ3) is 4.96. The molecule has 144 valence electrons. The van der Waals surface area contributed by atoms with Crippen LogP contribution < -0.4 is 16.2 Å². The van der Waals surface area contributed by atoms with Crippen LogP contribution in [0.1, 0.15) is 21.5 Å². The van der Waals surface area contributed by atoms with Crippen molar-refractivity contribution in [2.75, 3.05) is 10.6 Å². The van der Waals surface area contributed by atoms with Crippen molar-refractivity contribution >= 4 is 23.2 Å². The van der Waals surface area contributed by atoms with Crippen molar-refractivity contribution in [3.05, 3.63) is 93.9 Å². The number of nitrogens with one attached hydrogen (secondary N) is 2. The Morgan fingerprint density at radius 3 is 2.45 bits per heavy atom. The number of carbonyl (C=O) groups is 2. The Labute approximate surface area is 167 Å². The van der Waals surface area contributed by atoms with Crippen molar-refractivity contribution in [3.8, 4) is 6.07 Å². The van der Waals surface area contributed by atoms with E-state index in [4.69, 9.17) is 5.26 Å². The lowest BCUT2D eigenvalue weighted by molar-refractivity contribution is -0.116. The predicted octanol–water partition coefficient (Wildman–Crippen LogP) is 2.92. The summed E-state index contributed by atoms with van der Waals surface area (Å²) < 4.78 is 1.33. The van der Waals surface area contributed by atoms with Gasteiger partial charge in [-0.1, -0.05) is 18.2 Å². The third-order valence-electron chi connectivity index (χ3n) is 4.17. The fourth-order valence-electron chi connectivity index (χ4n) is 2.72. The summed E-state index contributed by atoms with van der Waals surface area (Å²) in [4.78, 5) is 36.4. The lowest BCUT2D eigenvalue weighted by Gasteiger charge is -2.09. The first-order valence-electron chi connectivity index (χ1n) is 8.84. The van der Waals surface area contributed by atoms with Crippen molar-refractivity contribution in [2.24, 2.45) is 0 Å². The van der Waals surface area contributed by atoms with Crippen LogP contribution in [-0.2, 0) is 11.3 Å². The van der Waals surface area contributed by atoms with Crippen LogP contribution in [0.5, 0.6) is 0 Å². The number of hydrogen-bond acceptors (Lipinski definition) is 4. The van der Waals surface area contributed by atoms with E-state index in [2.05, 4.69) is 10.6 Å². The maximum absolute atomic E-state index is 12.4. The number of carbonyl (C=O) groups excluding carboxylic acids is 2. The summed E-state index contributed by atoms with van der Waals surface area (Å²) in [5.74, 6) is -0.713.